The number of halogens is 1. The number of carboxylic acid groups (broad SMARTS) is 1. The number of benzene rings is 2. The fraction of sp³-hybridized carbons (Fsp3) is 0.280. The first-order valence-electron chi connectivity index (χ1n) is 10.9. The van der Waals surface area contributed by atoms with Crippen LogP contribution in [0.3, 0.4) is 0 Å². The third-order valence-corrected chi connectivity index (χ3v) is 8.14. The minimum atomic E-state index is -3.33. The number of nitrogens with zero attached hydrogens (tertiary/aromatic N) is 2. The van der Waals surface area contributed by atoms with Crippen LogP contribution in [0.15, 0.2) is 76.6 Å². The predicted molar refractivity (Wildman–Crippen MR) is 135 cm³/mol. The molecule has 8 nitrogen and oxygen atoms in total. The van der Waals surface area contributed by atoms with Crippen LogP contribution in [0, 0.1) is 6.92 Å². The highest BCUT2D eigenvalue weighted by Crippen LogP contribution is 2.43. The lowest BCUT2D eigenvalue weighted by molar-refractivity contribution is 0.0397. The molecule has 1 aromatic heterocycles. The summed E-state index contributed by atoms with van der Waals surface area (Å²) >= 11 is 3.68. The van der Waals surface area contributed by atoms with E-state index in [9.17, 15) is 23.1 Å². The fourth-order valence-electron chi connectivity index (χ4n) is 4.31. The van der Waals surface area contributed by atoms with Crippen molar-refractivity contribution in [2.45, 2.75) is 35.2 Å². The van der Waals surface area contributed by atoms with E-state index in [2.05, 4.69) is 15.9 Å². The maximum absolute atomic E-state index is 12.8. The number of sulfone groups is 1. The van der Waals surface area contributed by atoms with Crippen LogP contribution in [0.1, 0.15) is 30.0 Å². The number of amides is 1. The summed E-state index contributed by atoms with van der Waals surface area (Å²) in [4.78, 5) is 26.3. The Morgan fingerprint density at radius 3 is 2.43 bits per heavy atom. The number of aryl methyl sites for hydroxylation is 1. The highest BCUT2D eigenvalue weighted by atomic mass is 79.9. The number of ether oxygens (including phenoxy) is 1. The summed E-state index contributed by atoms with van der Waals surface area (Å²) in [5, 5.41) is 9.75. The molecule has 0 aliphatic carbocycles. The third-order valence-electron chi connectivity index (χ3n) is 6.13. The quantitative estimate of drug-likeness (QED) is 0.459. The van der Waals surface area contributed by atoms with Crippen LogP contribution in [0.5, 0.6) is 5.75 Å². The van der Waals surface area contributed by atoms with Gasteiger partial charge < -0.3 is 14.7 Å². The predicted octanol–water partition coefficient (Wildman–Crippen LogP) is 4.53. The Labute approximate surface area is 211 Å². The second-order valence-corrected chi connectivity index (χ2v) is 12.1. The molecule has 1 amide bonds. The van der Waals surface area contributed by atoms with Crippen molar-refractivity contribution in [3.8, 4) is 11.4 Å². The molecule has 1 saturated heterocycles. The van der Waals surface area contributed by atoms with E-state index in [0.717, 1.165) is 17.4 Å². The van der Waals surface area contributed by atoms with Crippen molar-refractivity contribution in [3.05, 3.63) is 88.3 Å². The van der Waals surface area contributed by atoms with Crippen molar-refractivity contribution in [2.24, 2.45) is 0 Å². The first-order valence-corrected chi connectivity index (χ1v) is 13.6. The lowest BCUT2D eigenvalue weighted by atomic mass is 9.91. The molecule has 2 heterocycles. The van der Waals surface area contributed by atoms with Gasteiger partial charge in [0.15, 0.2) is 14.3 Å². The van der Waals surface area contributed by atoms with Crippen LogP contribution in [0.25, 0.3) is 5.69 Å². The summed E-state index contributed by atoms with van der Waals surface area (Å²) in [6.45, 7) is 2.21. The van der Waals surface area contributed by atoms with Crippen molar-refractivity contribution in [1.82, 2.24) is 9.47 Å². The first-order chi connectivity index (χ1) is 16.5. The maximum Gasteiger partial charge on any atom is 0.407 e. The standard InChI is InChI=1S/C25H25BrN2O6S/c1-17-5-3-4-6-21(17)22-16-25(26,12-14-28(22)24(30)31)34-19-11-13-27(23(29)15-19)18-7-9-20(10-8-18)35(2,32)33/h3-11,13,15,22H,12,14,16H2,1-2H3,(H,30,31). The van der Waals surface area contributed by atoms with Gasteiger partial charge in [0.1, 0.15) is 5.75 Å². The SMILES string of the molecule is Cc1ccccc1C1CC(Br)(Oc2ccn(-c3ccc(S(C)(=O)=O)cc3)c(=O)c2)CCN1C(=O)O. The Bertz CT molecular complexity index is 1420. The average molecular weight is 561 g/mol. The van der Waals surface area contributed by atoms with Gasteiger partial charge in [0.2, 0.25) is 0 Å². The number of likely N-dealkylation sites (tertiary alicyclic amines) is 1. The Balaban J connectivity index is 1.58. The van der Waals surface area contributed by atoms with Gasteiger partial charge in [-0.15, -0.1) is 0 Å². The van der Waals surface area contributed by atoms with Gasteiger partial charge in [-0.2, -0.15) is 0 Å². The molecule has 4 rings (SSSR count). The molecule has 1 fully saturated rings. The van der Waals surface area contributed by atoms with Crippen LogP contribution >= 0.6 is 15.9 Å². The zero-order valence-electron chi connectivity index (χ0n) is 19.2. The number of pyridine rings is 1. The first kappa shape index (κ1) is 25.0. The normalized spacial score (nSPS) is 20.4. The molecule has 0 radical (unpaired) electrons. The molecule has 10 heteroatoms. The van der Waals surface area contributed by atoms with Gasteiger partial charge in [-0.25, -0.2) is 13.2 Å². The van der Waals surface area contributed by atoms with Crippen LogP contribution < -0.4 is 10.3 Å². The van der Waals surface area contributed by atoms with E-state index in [1.54, 1.807) is 24.4 Å². The van der Waals surface area contributed by atoms with Gasteiger partial charge in [-0.05, 0) is 64.3 Å². The van der Waals surface area contributed by atoms with E-state index in [0.29, 0.717) is 24.3 Å². The molecule has 1 aliphatic rings. The molecule has 2 aromatic carbocycles. The Hall–Kier alpha value is -3.11. The summed E-state index contributed by atoms with van der Waals surface area (Å²) < 4.78 is 30.1. The minimum Gasteiger partial charge on any atom is -0.476 e. The monoisotopic (exact) mass is 560 g/mol. The summed E-state index contributed by atoms with van der Waals surface area (Å²) in [6.07, 6.45) is 2.46. The molecular formula is C25H25BrN2O6S. The molecule has 0 saturated carbocycles. The Morgan fingerprint density at radius 1 is 1.14 bits per heavy atom. The number of alkyl halides is 1. The van der Waals surface area contributed by atoms with E-state index in [4.69, 9.17) is 4.74 Å². The van der Waals surface area contributed by atoms with Gasteiger partial charge >= 0.3 is 6.09 Å². The highest BCUT2D eigenvalue weighted by Gasteiger charge is 2.43. The van der Waals surface area contributed by atoms with E-state index in [1.165, 1.54) is 27.7 Å². The zero-order chi connectivity index (χ0) is 25.4. The summed E-state index contributed by atoms with van der Waals surface area (Å²) in [5.41, 5.74) is 2.08. The lowest BCUT2D eigenvalue weighted by Gasteiger charge is -2.43. The third kappa shape index (κ3) is 5.43. The summed E-state index contributed by atoms with van der Waals surface area (Å²) in [6, 6.07) is 16.3. The maximum atomic E-state index is 12.8. The molecule has 1 N–H and O–H groups in total. The second-order valence-electron chi connectivity index (χ2n) is 8.62. The Morgan fingerprint density at radius 2 is 1.83 bits per heavy atom. The number of hydrogen-bond donors (Lipinski definition) is 1. The molecule has 3 aromatic rings. The fourth-order valence-corrected chi connectivity index (χ4v) is 5.61. The smallest absolute Gasteiger partial charge is 0.407 e. The molecule has 35 heavy (non-hydrogen) atoms. The number of rotatable bonds is 5. The van der Waals surface area contributed by atoms with Crippen molar-refractivity contribution in [2.75, 3.05) is 12.8 Å². The van der Waals surface area contributed by atoms with Gasteiger partial charge in [-0.1, -0.05) is 24.3 Å². The second kappa shape index (κ2) is 9.50. The molecule has 0 spiro atoms. The molecule has 2 unspecified atom stereocenters. The van der Waals surface area contributed by atoms with Crippen LogP contribution in [-0.2, 0) is 9.84 Å². The Kier molecular flexibility index (Phi) is 6.79. The van der Waals surface area contributed by atoms with E-state index in [1.807, 2.05) is 31.2 Å². The van der Waals surface area contributed by atoms with Gasteiger partial charge in [0.05, 0.1) is 10.9 Å². The highest BCUT2D eigenvalue weighted by molar-refractivity contribution is 9.10. The molecule has 2 atom stereocenters. The molecule has 0 bridgehead atoms. The topological polar surface area (TPSA) is 106 Å². The van der Waals surface area contributed by atoms with Gasteiger partial charge in [0, 0.05) is 43.6 Å². The van der Waals surface area contributed by atoms with Crippen molar-refractivity contribution in [3.63, 3.8) is 0 Å². The van der Waals surface area contributed by atoms with Crippen LogP contribution in [0.2, 0.25) is 0 Å². The molecule has 184 valence electrons. The lowest BCUT2D eigenvalue weighted by Crippen LogP contribution is -2.48. The van der Waals surface area contributed by atoms with Crippen LogP contribution in [-0.4, -0.2) is 46.4 Å². The summed E-state index contributed by atoms with van der Waals surface area (Å²) in [5.74, 6) is 0.350. The van der Waals surface area contributed by atoms with E-state index >= 15 is 0 Å². The number of hydrogen-bond acceptors (Lipinski definition) is 5. The zero-order valence-corrected chi connectivity index (χ0v) is 21.6. The van der Waals surface area contributed by atoms with E-state index in [-0.39, 0.29) is 17.0 Å². The van der Waals surface area contributed by atoms with Gasteiger partial charge in [-0.3, -0.25) is 9.36 Å². The molecular weight excluding hydrogens is 536 g/mol. The number of carbonyl (C=O) groups is 1. The average Bonchev–Trinajstić information content (AvgIpc) is 2.78. The number of aromatic nitrogens is 1. The molecule has 1 aliphatic heterocycles. The summed E-state index contributed by atoms with van der Waals surface area (Å²) in [7, 11) is -3.33. The van der Waals surface area contributed by atoms with E-state index < -0.39 is 26.5 Å². The van der Waals surface area contributed by atoms with Crippen LogP contribution in [0.4, 0.5) is 4.79 Å². The van der Waals surface area contributed by atoms with Crippen molar-refractivity contribution >= 4 is 31.9 Å². The number of piperidine rings is 1. The van der Waals surface area contributed by atoms with Crippen molar-refractivity contribution < 1.29 is 23.1 Å². The largest absolute Gasteiger partial charge is 0.476 e. The van der Waals surface area contributed by atoms with Crippen molar-refractivity contribution in [1.29, 1.82) is 0 Å². The minimum absolute atomic E-state index is 0.173. The van der Waals surface area contributed by atoms with Gasteiger partial charge in [0.25, 0.3) is 5.56 Å².